The summed E-state index contributed by atoms with van der Waals surface area (Å²) in [7, 11) is 0. The minimum Gasteiger partial charge on any atom is -0.481 e. The summed E-state index contributed by atoms with van der Waals surface area (Å²) >= 11 is 0. The maximum atomic E-state index is 11.3. The lowest BCUT2D eigenvalue weighted by molar-refractivity contribution is -0.144. The van der Waals surface area contributed by atoms with Gasteiger partial charge in [-0.1, -0.05) is 52.9 Å². The molecular weight excluding hydrogens is 200 g/mol. The predicted octanol–water partition coefficient (Wildman–Crippen LogP) is 4.48. The average molecular weight is 228 g/mol. The Morgan fingerprint density at radius 3 is 1.75 bits per heavy atom. The van der Waals surface area contributed by atoms with Crippen LogP contribution in [0, 0.1) is 11.8 Å². The zero-order chi connectivity index (χ0) is 12.4. The van der Waals surface area contributed by atoms with Gasteiger partial charge in [0.2, 0.25) is 0 Å². The molecule has 0 aliphatic heterocycles. The SMILES string of the molecule is CCCCC(CCCC)C(CCC)C(=O)O. The highest BCUT2D eigenvalue weighted by Gasteiger charge is 2.26. The van der Waals surface area contributed by atoms with Gasteiger partial charge < -0.3 is 5.11 Å². The van der Waals surface area contributed by atoms with Crippen LogP contribution >= 0.6 is 0 Å². The molecule has 0 aromatic heterocycles. The predicted molar refractivity (Wildman–Crippen MR) is 68.6 cm³/mol. The molecule has 0 spiro atoms. The van der Waals surface area contributed by atoms with Crippen LogP contribution < -0.4 is 0 Å². The van der Waals surface area contributed by atoms with Crippen molar-refractivity contribution >= 4 is 5.97 Å². The molecule has 0 rings (SSSR count). The van der Waals surface area contributed by atoms with Crippen molar-refractivity contribution in [3.63, 3.8) is 0 Å². The number of unbranched alkanes of at least 4 members (excludes halogenated alkanes) is 2. The first kappa shape index (κ1) is 15.5. The van der Waals surface area contributed by atoms with Gasteiger partial charge in [0.1, 0.15) is 0 Å². The normalized spacial score (nSPS) is 13.0. The first-order chi connectivity index (χ1) is 7.67. The van der Waals surface area contributed by atoms with Crippen LogP contribution in [0.3, 0.4) is 0 Å². The Bertz CT molecular complexity index is 170. The van der Waals surface area contributed by atoms with E-state index in [4.69, 9.17) is 0 Å². The van der Waals surface area contributed by atoms with Crippen LogP contribution in [0.1, 0.15) is 72.1 Å². The highest BCUT2D eigenvalue weighted by atomic mass is 16.4. The van der Waals surface area contributed by atoms with Crippen LogP contribution in [0.4, 0.5) is 0 Å². The fraction of sp³-hybridized carbons (Fsp3) is 0.929. The van der Waals surface area contributed by atoms with Crippen LogP contribution in [0.2, 0.25) is 0 Å². The molecule has 2 heteroatoms. The number of aliphatic carboxylic acids is 1. The van der Waals surface area contributed by atoms with Gasteiger partial charge in [-0.05, 0) is 25.2 Å². The van der Waals surface area contributed by atoms with Crippen molar-refractivity contribution in [1.29, 1.82) is 0 Å². The molecule has 1 unspecified atom stereocenters. The maximum absolute atomic E-state index is 11.3. The molecule has 0 bridgehead atoms. The first-order valence-electron chi connectivity index (χ1n) is 6.90. The molecule has 0 aliphatic rings. The van der Waals surface area contributed by atoms with E-state index < -0.39 is 5.97 Å². The molecule has 0 aromatic carbocycles. The Morgan fingerprint density at radius 2 is 1.44 bits per heavy atom. The van der Waals surface area contributed by atoms with E-state index in [2.05, 4.69) is 20.8 Å². The van der Waals surface area contributed by atoms with Crippen molar-refractivity contribution < 1.29 is 9.90 Å². The summed E-state index contributed by atoms with van der Waals surface area (Å²) in [6.45, 7) is 6.42. The van der Waals surface area contributed by atoms with Crippen LogP contribution in [0.5, 0.6) is 0 Å². The lowest BCUT2D eigenvalue weighted by Gasteiger charge is -2.23. The Balaban J connectivity index is 4.33. The Kier molecular flexibility index (Phi) is 9.36. The molecule has 16 heavy (non-hydrogen) atoms. The van der Waals surface area contributed by atoms with E-state index in [0.717, 1.165) is 25.7 Å². The van der Waals surface area contributed by atoms with Gasteiger partial charge in [-0.25, -0.2) is 0 Å². The van der Waals surface area contributed by atoms with Gasteiger partial charge in [0.25, 0.3) is 0 Å². The van der Waals surface area contributed by atoms with Crippen molar-refractivity contribution in [2.45, 2.75) is 72.1 Å². The fourth-order valence-electron chi connectivity index (χ4n) is 2.35. The smallest absolute Gasteiger partial charge is 0.306 e. The minimum absolute atomic E-state index is 0.108. The van der Waals surface area contributed by atoms with Gasteiger partial charge in [-0.15, -0.1) is 0 Å². The Hall–Kier alpha value is -0.530. The van der Waals surface area contributed by atoms with E-state index >= 15 is 0 Å². The molecule has 96 valence electrons. The molecule has 0 heterocycles. The zero-order valence-electron chi connectivity index (χ0n) is 11.2. The van der Waals surface area contributed by atoms with Gasteiger partial charge in [-0.3, -0.25) is 4.79 Å². The van der Waals surface area contributed by atoms with Gasteiger partial charge >= 0.3 is 5.97 Å². The fourth-order valence-corrected chi connectivity index (χ4v) is 2.35. The number of carbonyl (C=O) groups is 1. The number of carboxylic acid groups (broad SMARTS) is 1. The summed E-state index contributed by atoms with van der Waals surface area (Å²) in [4.78, 5) is 11.3. The lowest BCUT2D eigenvalue weighted by Crippen LogP contribution is -2.23. The standard InChI is InChI=1S/C14H28O2/c1-4-7-10-12(11-8-5-2)13(9-6-3)14(15)16/h12-13H,4-11H2,1-3H3,(H,15,16). The molecule has 0 radical (unpaired) electrons. The third-order valence-electron chi connectivity index (χ3n) is 3.34. The van der Waals surface area contributed by atoms with E-state index in [-0.39, 0.29) is 5.92 Å². The van der Waals surface area contributed by atoms with E-state index in [9.17, 15) is 9.90 Å². The second-order valence-corrected chi connectivity index (χ2v) is 4.78. The summed E-state index contributed by atoms with van der Waals surface area (Å²) < 4.78 is 0. The molecule has 0 saturated carbocycles. The van der Waals surface area contributed by atoms with Crippen molar-refractivity contribution in [3.05, 3.63) is 0 Å². The maximum Gasteiger partial charge on any atom is 0.306 e. The topological polar surface area (TPSA) is 37.3 Å². The molecular formula is C14H28O2. The van der Waals surface area contributed by atoms with Crippen molar-refractivity contribution in [1.82, 2.24) is 0 Å². The van der Waals surface area contributed by atoms with Gasteiger partial charge in [0.05, 0.1) is 5.92 Å². The van der Waals surface area contributed by atoms with Gasteiger partial charge in [-0.2, -0.15) is 0 Å². The zero-order valence-corrected chi connectivity index (χ0v) is 11.2. The number of rotatable bonds is 10. The average Bonchev–Trinajstić information content (AvgIpc) is 2.26. The molecule has 1 N–H and O–H groups in total. The quantitative estimate of drug-likeness (QED) is 0.598. The summed E-state index contributed by atoms with van der Waals surface area (Å²) in [6.07, 6.45) is 8.67. The van der Waals surface area contributed by atoms with Crippen LogP contribution in [-0.4, -0.2) is 11.1 Å². The van der Waals surface area contributed by atoms with E-state index in [1.807, 2.05) is 0 Å². The third-order valence-corrected chi connectivity index (χ3v) is 3.34. The molecule has 1 atom stereocenters. The minimum atomic E-state index is -0.584. The van der Waals surface area contributed by atoms with E-state index in [1.54, 1.807) is 0 Å². The van der Waals surface area contributed by atoms with Crippen molar-refractivity contribution in [2.75, 3.05) is 0 Å². The highest BCUT2D eigenvalue weighted by molar-refractivity contribution is 5.70. The Labute approximate surface area is 100 Å². The summed E-state index contributed by atoms with van der Waals surface area (Å²) in [6, 6.07) is 0. The van der Waals surface area contributed by atoms with Crippen molar-refractivity contribution in [2.24, 2.45) is 11.8 Å². The van der Waals surface area contributed by atoms with Crippen LogP contribution in [0.15, 0.2) is 0 Å². The largest absolute Gasteiger partial charge is 0.481 e. The summed E-state index contributed by atoms with van der Waals surface area (Å²) in [5.41, 5.74) is 0. The summed E-state index contributed by atoms with van der Waals surface area (Å²) in [5.74, 6) is -0.292. The van der Waals surface area contributed by atoms with E-state index in [1.165, 1.54) is 25.7 Å². The third kappa shape index (κ3) is 6.14. The number of carboxylic acids is 1. The monoisotopic (exact) mass is 228 g/mol. The highest BCUT2D eigenvalue weighted by Crippen LogP contribution is 2.28. The molecule has 0 fully saturated rings. The second kappa shape index (κ2) is 9.68. The molecule has 0 saturated heterocycles. The van der Waals surface area contributed by atoms with E-state index in [0.29, 0.717) is 5.92 Å². The molecule has 0 aromatic rings. The lowest BCUT2D eigenvalue weighted by atomic mass is 9.81. The van der Waals surface area contributed by atoms with Gasteiger partial charge in [0, 0.05) is 0 Å². The summed E-state index contributed by atoms with van der Waals surface area (Å²) in [5, 5.41) is 9.27. The van der Waals surface area contributed by atoms with Gasteiger partial charge in [0.15, 0.2) is 0 Å². The number of hydrogen-bond acceptors (Lipinski definition) is 1. The van der Waals surface area contributed by atoms with Crippen LogP contribution in [0.25, 0.3) is 0 Å². The van der Waals surface area contributed by atoms with Crippen LogP contribution in [-0.2, 0) is 4.79 Å². The second-order valence-electron chi connectivity index (χ2n) is 4.78. The molecule has 0 aliphatic carbocycles. The molecule has 0 amide bonds. The molecule has 2 nitrogen and oxygen atoms in total. The van der Waals surface area contributed by atoms with Crippen molar-refractivity contribution in [3.8, 4) is 0 Å². The Morgan fingerprint density at radius 1 is 0.938 bits per heavy atom. The first-order valence-corrected chi connectivity index (χ1v) is 6.90. The number of hydrogen-bond donors (Lipinski definition) is 1.